The zero-order valence-electron chi connectivity index (χ0n) is 18.9. The Labute approximate surface area is 188 Å². The first-order valence-electron chi connectivity index (χ1n) is 10.7. The van der Waals surface area contributed by atoms with Gasteiger partial charge in [0, 0.05) is 60.8 Å². The van der Waals surface area contributed by atoms with E-state index in [1.54, 1.807) is 32.4 Å². The molecular weight excluding hydrogens is 407 g/mol. The molecule has 1 aromatic carbocycles. The van der Waals surface area contributed by atoms with Crippen LogP contribution in [0.4, 0.5) is 10.2 Å². The monoisotopic (exact) mass is 438 g/mol. The van der Waals surface area contributed by atoms with Crippen LogP contribution in [0.2, 0.25) is 0 Å². The molecule has 1 aliphatic heterocycles. The van der Waals surface area contributed by atoms with E-state index >= 15 is 0 Å². The average molecular weight is 439 g/mol. The van der Waals surface area contributed by atoms with Crippen LogP contribution >= 0.6 is 0 Å². The van der Waals surface area contributed by atoms with Crippen molar-refractivity contribution in [3.8, 4) is 5.75 Å². The number of nitrogen functional groups attached to an aromatic ring is 1. The van der Waals surface area contributed by atoms with Gasteiger partial charge in [0.25, 0.3) is 0 Å². The summed E-state index contributed by atoms with van der Waals surface area (Å²) in [6, 6.07) is 5.89. The van der Waals surface area contributed by atoms with E-state index in [1.807, 2.05) is 19.9 Å². The fourth-order valence-electron chi connectivity index (χ4n) is 3.86. The number of rotatable bonds is 4. The molecule has 2 unspecified atom stereocenters. The van der Waals surface area contributed by atoms with Crippen molar-refractivity contribution in [2.75, 3.05) is 19.3 Å². The molecule has 2 heterocycles. The van der Waals surface area contributed by atoms with E-state index < -0.39 is 11.9 Å². The van der Waals surface area contributed by atoms with Crippen LogP contribution in [0.3, 0.4) is 0 Å². The number of nitrogens with zero attached hydrogens (tertiary/aromatic N) is 1. The number of ether oxygens (including phenoxy) is 1. The SMILES string of the molecule is CCN/C1=C(\C(C)N)C/C(=C/NC)C(=N)c2ccc(F)cc2C(C)Oc2cc1cnc2N. The molecule has 3 rings (SSSR count). The molecule has 0 fully saturated rings. The van der Waals surface area contributed by atoms with Gasteiger partial charge in [0.1, 0.15) is 11.9 Å². The van der Waals surface area contributed by atoms with Gasteiger partial charge in [-0.1, -0.05) is 0 Å². The molecule has 8 heteroatoms. The van der Waals surface area contributed by atoms with Crippen molar-refractivity contribution in [3.05, 3.63) is 70.3 Å². The number of anilines is 1. The van der Waals surface area contributed by atoms with Gasteiger partial charge >= 0.3 is 0 Å². The molecule has 0 aliphatic carbocycles. The van der Waals surface area contributed by atoms with Crippen LogP contribution in [0.1, 0.15) is 50.0 Å². The Bertz CT molecular complexity index is 1080. The number of hydrogen-bond acceptors (Lipinski definition) is 7. The van der Waals surface area contributed by atoms with E-state index in [0.29, 0.717) is 29.8 Å². The molecule has 1 aromatic heterocycles. The highest BCUT2D eigenvalue weighted by Crippen LogP contribution is 2.34. The van der Waals surface area contributed by atoms with Crippen molar-refractivity contribution in [2.45, 2.75) is 39.3 Å². The fourth-order valence-corrected chi connectivity index (χ4v) is 3.86. The lowest BCUT2D eigenvalue weighted by Crippen LogP contribution is -2.26. The fraction of sp³-hybridized carbons (Fsp3) is 0.333. The second-order valence-corrected chi connectivity index (χ2v) is 7.83. The van der Waals surface area contributed by atoms with E-state index in [1.165, 1.54) is 12.1 Å². The Morgan fingerprint density at radius 2 is 2.12 bits per heavy atom. The number of fused-ring (bicyclic) bond motifs is 3. The largest absolute Gasteiger partial charge is 0.482 e. The van der Waals surface area contributed by atoms with Crippen molar-refractivity contribution in [1.29, 1.82) is 5.41 Å². The first kappa shape index (κ1) is 23.3. The van der Waals surface area contributed by atoms with Crippen molar-refractivity contribution < 1.29 is 9.13 Å². The van der Waals surface area contributed by atoms with Gasteiger partial charge < -0.3 is 26.8 Å². The van der Waals surface area contributed by atoms with Gasteiger partial charge in [-0.05, 0) is 56.2 Å². The molecule has 170 valence electrons. The molecule has 2 atom stereocenters. The topological polar surface area (TPSA) is 122 Å². The summed E-state index contributed by atoms with van der Waals surface area (Å²) in [5.74, 6) is 0.228. The zero-order chi connectivity index (χ0) is 23.4. The predicted octanol–water partition coefficient (Wildman–Crippen LogP) is 3.49. The minimum atomic E-state index is -0.560. The first-order valence-corrected chi connectivity index (χ1v) is 10.7. The van der Waals surface area contributed by atoms with Crippen LogP contribution in [0.5, 0.6) is 5.75 Å². The van der Waals surface area contributed by atoms with Crippen LogP contribution < -0.4 is 26.8 Å². The molecule has 2 aromatic rings. The van der Waals surface area contributed by atoms with Gasteiger partial charge in [-0.15, -0.1) is 0 Å². The van der Waals surface area contributed by atoms with Gasteiger partial charge in [-0.2, -0.15) is 0 Å². The second kappa shape index (κ2) is 9.82. The number of aromatic nitrogens is 1. The third-order valence-corrected chi connectivity index (χ3v) is 5.44. The van der Waals surface area contributed by atoms with Gasteiger partial charge in [0.05, 0.1) is 5.71 Å². The third-order valence-electron chi connectivity index (χ3n) is 5.44. The number of allylic oxidation sites excluding steroid dienone is 1. The molecule has 1 aliphatic rings. The minimum absolute atomic E-state index is 0.236. The standard InChI is InChI=1S/C24H31FN6O/c1-5-30-23-16-9-21(24(28)31-12-16)32-14(3)20-10-17(25)6-7-18(20)22(27)15(11-29-4)8-19(23)13(2)26/h6-7,9-14,27,29-30H,5,8,26H2,1-4H3,(H2,28,31)/b15-11-,23-19-,27-22?. The number of halogens is 1. The maximum absolute atomic E-state index is 14.2. The normalized spacial score (nSPS) is 21.1. The number of pyridine rings is 1. The minimum Gasteiger partial charge on any atom is -0.482 e. The van der Waals surface area contributed by atoms with Crippen molar-refractivity contribution >= 4 is 17.2 Å². The summed E-state index contributed by atoms with van der Waals surface area (Å²) >= 11 is 0. The Hall–Kier alpha value is -3.39. The van der Waals surface area contributed by atoms with Crippen LogP contribution in [0.25, 0.3) is 5.70 Å². The molecule has 0 radical (unpaired) electrons. The smallest absolute Gasteiger partial charge is 0.166 e. The molecule has 2 bridgehead atoms. The van der Waals surface area contributed by atoms with Crippen molar-refractivity contribution in [2.24, 2.45) is 5.73 Å². The Morgan fingerprint density at radius 3 is 2.78 bits per heavy atom. The summed E-state index contributed by atoms with van der Waals surface area (Å²) < 4.78 is 20.3. The van der Waals surface area contributed by atoms with Crippen LogP contribution in [-0.4, -0.2) is 30.3 Å². The van der Waals surface area contributed by atoms with E-state index in [4.69, 9.17) is 21.6 Å². The van der Waals surface area contributed by atoms with E-state index in [9.17, 15) is 4.39 Å². The lowest BCUT2D eigenvalue weighted by Gasteiger charge is -2.25. The molecule has 0 amide bonds. The number of nitrogens with two attached hydrogens (primary N) is 2. The quantitative estimate of drug-likeness (QED) is 0.498. The van der Waals surface area contributed by atoms with E-state index in [2.05, 4.69) is 15.6 Å². The molecule has 7 nitrogen and oxygen atoms in total. The summed E-state index contributed by atoms with van der Waals surface area (Å²) in [6.45, 7) is 6.39. The Kier molecular flexibility index (Phi) is 7.15. The lowest BCUT2D eigenvalue weighted by atomic mass is 9.88. The van der Waals surface area contributed by atoms with Crippen LogP contribution in [-0.2, 0) is 0 Å². The molecule has 0 saturated carbocycles. The number of hydrogen-bond donors (Lipinski definition) is 5. The Balaban J connectivity index is 2.34. The van der Waals surface area contributed by atoms with Crippen LogP contribution in [0.15, 0.2) is 47.8 Å². The van der Waals surface area contributed by atoms with Gasteiger partial charge in [0.2, 0.25) is 0 Å². The summed E-state index contributed by atoms with van der Waals surface area (Å²) in [5, 5.41) is 15.4. The summed E-state index contributed by atoms with van der Waals surface area (Å²) in [7, 11) is 1.78. The van der Waals surface area contributed by atoms with Crippen LogP contribution in [0, 0.1) is 11.2 Å². The molecule has 32 heavy (non-hydrogen) atoms. The second-order valence-electron chi connectivity index (χ2n) is 7.83. The summed E-state index contributed by atoms with van der Waals surface area (Å²) in [6.07, 6.45) is 3.33. The number of nitrogens with one attached hydrogen (secondary N) is 3. The lowest BCUT2D eigenvalue weighted by molar-refractivity contribution is 0.227. The highest BCUT2D eigenvalue weighted by molar-refractivity contribution is 6.12. The summed E-state index contributed by atoms with van der Waals surface area (Å²) in [4.78, 5) is 4.33. The van der Waals surface area contributed by atoms with E-state index in [0.717, 1.165) is 22.4 Å². The van der Waals surface area contributed by atoms with E-state index in [-0.39, 0.29) is 17.6 Å². The number of benzene rings is 1. The first-order chi connectivity index (χ1) is 15.3. The third kappa shape index (κ3) is 4.75. The maximum Gasteiger partial charge on any atom is 0.166 e. The predicted molar refractivity (Wildman–Crippen MR) is 127 cm³/mol. The molecule has 0 saturated heterocycles. The molecule has 0 spiro atoms. The highest BCUT2D eigenvalue weighted by atomic mass is 19.1. The highest BCUT2D eigenvalue weighted by Gasteiger charge is 2.24. The van der Waals surface area contributed by atoms with Crippen molar-refractivity contribution in [3.63, 3.8) is 0 Å². The molecule has 7 N–H and O–H groups in total. The Morgan fingerprint density at radius 1 is 1.38 bits per heavy atom. The summed E-state index contributed by atoms with van der Waals surface area (Å²) in [5.41, 5.74) is 17.2. The van der Waals surface area contributed by atoms with Gasteiger partial charge in [-0.3, -0.25) is 5.41 Å². The molecular formula is C24H31FN6O. The van der Waals surface area contributed by atoms with Gasteiger partial charge in [-0.25, -0.2) is 9.37 Å². The average Bonchev–Trinajstić information content (AvgIpc) is 2.75. The zero-order valence-corrected chi connectivity index (χ0v) is 18.9. The maximum atomic E-state index is 14.2. The van der Waals surface area contributed by atoms with Crippen molar-refractivity contribution in [1.82, 2.24) is 15.6 Å². The van der Waals surface area contributed by atoms with Gasteiger partial charge in [0.15, 0.2) is 11.6 Å².